The van der Waals surface area contributed by atoms with E-state index in [0.717, 1.165) is 0 Å². The minimum Gasteiger partial charge on any atom is -0.507 e. The predicted molar refractivity (Wildman–Crippen MR) is 145 cm³/mol. The molecule has 0 unspecified atom stereocenters. The van der Waals surface area contributed by atoms with Gasteiger partial charge in [-0.15, -0.1) is 0 Å². The third-order valence-electron chi connectivity index (χ3n) is 6.78. The first-order valence-electron chi connectivity index (χ1n) is 12.1. The highest BCUT2D eigenvalue weighted by Crippen LogP contribution is 2.42. The summed E-state index contributed by atoms with van der Waals surface area (Å²) < 4.78 is 0. The second kappa shape index (κ2) is 9.90. The molecule has 5 aromatic rings. The molecule has 5 aromatic carbocycles. The van der Waals surface area contributed by atoms with E-state index in [1.807, 2.05) is 0 Å². The minimum absolute atomic E-state index is 0.0653. The molecule has 8 heteroatoms. The van der Waals surface area contributed by atoms with E-state index in [9.17, 15) is 40.9 Å². The van der Waals surface area contributed by atoms with Crippen molar-refractivity contribution in [2.24, 2.45) is 0 Å². The number of benzene rings is 5. The summed E-state index contributed by atoms with van der Waals surface area (Å²) in [5, 5.41) is 82.3. The van der Waals surface area contributed by atoms with Crippen LogP contribution in [-0.2, 0) is 19.3 Å². The Morgan fingerprint density at radius 1 is 0.333 bits per heavy atom. The molecule has 0 saturated heterocycles. The van der Waals surface area contributed by atoms with E-state index in [0.29, 0.717) is 44.2 Å². The maximum Gasteiger partial charge on any atom is 0.157 e. The van der Waals surface area contributed by atoms with E-state index >= 15 is 0 Å². The van der Waals surface area contributed by atoms with Gasteiger partial charge in [0.05, 0.1) is 0 Å². The van der Waals surface area contributed by atoms with Crippen molar-refractivity contribution < 1.29 is 40.9 Å². The van der Waals surface area contributed by atoms with Crippen molar-refractivity contribution in [1.29, 1.82) is 0 Å². The monoisotopic (exact) mass is 526 g/mol. The number of fused-ring (bicyclic) bond motifs is 1. The molecular formula is C31H26O8. The number of phenols is 8. The Balaban J connectivity index is 1.70. The fourth-order valence-corrected chi connectivity index (χ4v) is 4.86. The highest BCUT2D eigenvalue weighted by Gasteiger charge is 2.20. The molecule has 8 nitrogen and oxygen atoms in total. The van der Waals surface area contributed by atoms with Crippen LogP contribution in [0.3, 0.4) is 0 Å². The maximum absolute atomic E-state index is 11.5. The number of hydrogen-bond acceptors (Lipinski definition) is 8. The molecule has 8 N–H and O–H groups in total. The van der Waals surface area contributed by atoms with Crippen LogP contribution < -0.4 is 0 Å². The van der Waals surface area contributed by atoms with Crippen LogP contribution in [0, 0.1) is 0 Å². The Hall–Kier alpha value is -5.24. The Kier molecular flexibility index (Phi) is 6.45. The summed E-state index contributed by atoms with van der Waals surface area (Å²) in [6.07, 6.45) is 0.703. The van der Waals surface area contributed by atoms with Crippen molar-refractivity contribution in [2.75, 3.05) is 0 Å². The van der Waals surface area contributed by atoms with Crippen molar-refractivity contribution in [1.82, 2.24) is 0 Å². The lowest BCUT2D eigenvalue weighted by molar-refractivity contribution is 0.403. The molecule has 0 atom stereocenters. The van der Waals surface area contributed by atoms with E-state index in [2.05, 4.69) is 0 Å². The average molecular weight is 527 g/mol. The van der Waals surface area contributed by atoms with E-state index in [1.165, 1.54) is 42.5 Å². The van der Waals surface area contributed by atoms with Gasteiger partial charge in [0, 0.05) is 17.2 Å². The molecule has 0 aliphatic rings. The summed E-state index contributed by atoms with van der Waals surface area (Å²) in [5.74, 6) is -1.78. The van der Waals surface area contributed by atoms with E-state index < -0.39 is 0 Å². The second-order valence-corrected chi connectivity index (χ2v) is 9.54. The van der Waals surface area contributed by atoms with Gasteiger partial charge in [0.1, 0.15) is 11.5 Å². The Morgan fingerprint density at radius 3 is 1.21 bits per heavy atom. The molecule has 0 radical (unpaired) electrons. The molecule has 0 aliphatic carbocycles. The lowest BCUT2D eigenvalue weighted by atomic mass is 9.88. The van der Waals surface area contributed by atoms with Crippen LogP contribution >= 0.6 is 0 Å². The first-order valence-corrected chi connectivity index (χ1v) is 12.1. The number of rotatable bonds is 6. The summed E-state index contributed by atoms with van der Waals surface area (Å²) in [7, 11) is 0. The molecular weight excluding hydrogens is 500 g/mol. The maximum atomic E-state index is 11.5. The van der Waals surface area contributed by atoms with Crippen molar-refractivity contribution in [3.8, 4) is 46.0 Å². The summed E-state index contributed by atoms with van der Waals surface area (Å²) in [6, 6.07) is 18.2. The highest BCUT2D eigenvalue weighted by atomic mass is 16.3. The van der Waals surface area contributed by atoms with E-state index in [4.69, 9.17) is 0 Å². The molecule has 0 saturated carbocycles. The number of hydrogen-bond donors (Lipinski definition) is 8. The molecule has 39 heavy (non-hydrogen) atoms. The zero-order valence-corrected chi connectivity index (χ0v) is 20.6. The van der Waals surface area contributed by atoms with Gasteiger partial charge >= 0.3 is 0 Å². The number of aromatic hydroxyl groups is 8. The van der Waals surface area contributed by atoms with Crippen LogP contribution in [0.1, 0.15) is 33.4 Å². The van der Waals surface area contributed by atoms with Crippen molar-refractivity contribution in [3.63, 3.8) is 0 Å². The zero-order valence-electron chi connectivity index (χ0n) is 20.6. The van der Waals surface area contributed by atoms with Crippen LogP contribution in [-0.4, -0.2) is 40.9 Å². The van der Waals surface area contributed by atoms with Crippen LogP contribution in [0.2, 0.25) is 0 Å². The molecule has 0 bridgehead atoms. The smallest absolute Gasteiger partial charge is 0.157 e. The van der Waals surface area contributed by atoms with Crippen molar-refractivity contribution in [2.45, 2.75) is 19.3 Å². The summed E-state index contributed by atoms with van der Waals surface area (Å²) in [4.78, 5) is 0. The van der Waals surface area contributed by atoms with Gasteiger partial charge < -0.3 is 40.9 Å². The lowest BCUT2D eigenvalue weighted by Crippen LogP contribution is -1.99. The quantitative estimate of drug-likeness (QED) is 0.139. The fourth-order valence-electron chi connectivity index (χ4n) is 4.86. The topological polar surface area (TPSA) is 162 Å². The van der Waals surface area contributed by atoms with Crippen LogP contribution in [0.4, 0.5) is 0 Å². The molecule has 0 aliphatic heterocycles. The molecule has 0 aromatic heterocycles. The summed E-state index contributed by atoms with van der Waals surface area (Å²) >= 11 is 0. The SMILES string of the molecule is Oc1ccc(Cc2cc(Cc3ccc(O)c(O)c3)c3c(O)ccc(Cc4ccc(O)c(O)c4)c3c2O)cc1O. The van der Waals surface area contributed by atoms with Gasteiger partial charge in [0.25, 0.3) is 0 Å². The Morgan fingerprint density at radius 2 is 0.744 bits per heavy atom. The van der Waals surface area contributed by atoms with Gasteiger partial charge in [-0.1, -0.05) is 30.3 Å². The summed E-state index contributed by atoms with van der Waals surface area (Å²) in [6.45, 7) is 0. The van der Waals surface area contributed by atoms with Crippen LogP contribution in [0.5, 0.6) is 46.0 Å². The Bertz CT molecular complexity index is 1730. The third kappa shape index (κ3) is 5.00. The molecule has 0 heterocycles. The number of phenolic OH excluding ortho intramolecular Hbond substituents is 8. The predicted octanol–water partition coefficient (Wildman–Crippen LogP) is 5.26. The molecule has 198 valence electrons. The third-order valence-corrected chi connectivity index (χ3v) is 6.78. The van der Waals surface area contributed by atoms with Gasteiger partial charge in [-0.2, -0.15) is 0 Å². The Labute approximate surface area is 223 Å². The largest absolute Gasteiger partial charge is 0.507 e. The fraction of sp³-hybridized carbons (Fsp3) is 0.0968. The second-order valence-electron chi connectivity index (χ2n) is 9.54. The van der Waals surface area contributed by atoms with E-state index in [1.54, 1.807) is 30.3 Å². The standard InChI is InChI=1S/C31H26O8/c32-22-5-1-16(12-26(22)36)9-19-4-8-25(35)29-20(10-17-2-6-23(33)27(37)13-17)15-21(31(39)30(19)29)11-18-3-7-24(34)28(38)14-18/h1-8,12-15,32-39H,9-11H2. The van der Waals surface area contributed by atoms with Gasteiger partial charge in [-0.05, 0) is 88.7 Å². The van der Waals surface area contributed by atoms with Gasteiger partial charge in [-0.3, -0.25) is 0 Å². The van der Waals surface area contributed by atoms with Crippen molar-refractivity contribution in [3.05, 3.63) is 106 Å². The first kappa shape index (κ1) is 25.4. The molecule has 5 rings (SSSR count). The van der Waals surface area contributed by atoms with E-state index in [-0.39, 0.29) is 65.3 Å². The molecule has 0 fully saturated rings. The van der Waals surface area contributed by atoms with Crippen LogP contribution in [0.25, 0.3) is 10.8 Å². The normalized spacial score (nSPS) is 11.2. The minimum atomic E-state index is -0.293. The van der Waals surface area contributed by atoms with Crippen LogP contribution in [0.15, 0.2) is 72.8 Å². The lowest BCUT2D eigenvalue weighted by Gasteiger charge is -2.18. The summed E-state index contributed by atoms with van der Waals surface area (Å²) in [5.41, 5.74) is 3.72. The first-order chi connectivity index (χ1) is 18.6. The van der Waals surface area contributed by atoms with Crippen molar-refractivity contribution >= 4 is 10.8 Å². The molecule has 0 amide bonds. The van der Waals surface area contributed by atoms with Gasteiger partial charge in [0.2, 0.25) is 0 Å². The zero-order chi connectivity index (χ0) is 27.8. The highest BCUT2D eigenvalue weighted by molar-refractivity contribution is 5.99. The van der Waals surface area contributed by atoms with Gasteiger partial charge in [-0.25, -0.2) is 0 Å². The molecule has 0 spiro atoms. The average Bonchev–Trinajstić information content (AvgIpc) is 2.89. The van der Waals surface area contributed by atoms with Gasteiger partial charge in [0.15, 0.2) is 34.5 Å².